The number of nitro groups is 1. The minimum Gasteiger partial charge on any atom is -0.481 e. The van der Waals surface area contributed by atoms with Crippen LogP contribution in [-0.4, -0.2) is 48.0 Å². The Labute approximate surface area is 151 Å². The van der Waals surface area contributed by atoms with Crippen molar-refractivity contribution in [3.8, 4) is 5.75 Å². The molecule has 0 saturated carbocycles. The number of para-hydroxylation sites is 3. The molecular formula is C19H21N3O4. The molecule has 0 bridgehead atoms. The zero-order valence-electron chi connectivity index (χ0n) is 14.6. The third-order valence-corrected chi connectivity index (χ3v) is 4.41. The maximum absolute atomic E-state index is 12.6. The number of benzene rings is 2. The van der Waals surface area contributed by atoms with E-state index in [1.165, 1.54) is 6.07 Å². The molecule has 1 aliphatic rings. The van der Waals surface area contributed by atoms with Gasteiger partial charge in [-0.05, 0) is 25.1 Å². The van der Waals surface area contributed by atoms with E-state index >= 15 is 0 Å². The second-order valence-corrected chi connectivity index (χ2v) is 6.13. The third kappa shape index (κ3) is 3.93. The zero-order valence-corrected chi connectivity index (χ0v) is 14.6. The summed E-state index contributed by atoms with van der Waals surface area (Å²) in [5.41, 5.74) is 0.686. The van der Waals surface area contributed by atoms with Gasteiger partial charge in [-0.15, -0.1) is 0 Å². The molecule has 0 radical (unpaired) electrons. The Bertz CT molecular complexity index is 773. The summed E-state index contributed by atoms with van der Waals surface area (Å²) < 4.78 is 5.70. The van der Waals surface area contributed by atoms with Crippen LogP contribution in [0.2, 0.25) is 0 Å². The predicted molar refractivity (Wildman–Crippen MR) is 98.4 cm³/mol. The van der Waals surface area contributed by atoms with E-state index in [2.05, 4.69) is 0 Å². The van der Waals surface area contributed by atoms with Gasteiger partial charge in [0.05, 0.1) is 4.92 Å². The van der Waals surface area contributed by atoms with Crippen molar-refractivity contribution in [2.24, 2.45) is 0 Å². The highest BCUT2D eigenvalue weighted by Gasteiger charge is 2.28. The van der Waals surface area contributed by atoms with Crippen molar-refractivity contribution >= 4 is 17.3 Å². The van der Waals surface area contributed by atoms with Gasteiger partial charge in [0.1, 0.15) is 11.4 Å². The van der Waals surface area contributed by atoms with Crippen LogP contribution in [0.25, 0.3) is 0 Å². The first-order chi connectivity index (χ1) is 12.6. The molecule has 1 fully saturated rings. The molecule has 0 aromatic heterocycles. The summed E-state index contributed by atoms with van der Waals surface area (Å²) >= 11 is 0. The second kappa shape index (κ2) is 7.86. The van der Waals surface area contributed by atoms with E-state index in [9.17, 15) is 14.9 Å². The Hall–Kier alpha value is -3.09. The summed E-state index contributed by atoms with van der Waals surface area (Å²) in [4.78, 5) is 27.1. The van der Waals surface area contributed by atoms with Crippen LogP contribution in [0.5, 0.6) is 5.75 Å². The van der Waals surface area contributed by atoms with E-state index in [4.69, 9.17) is 4.74 Å². The van der Waals surface area contributed by atoms with Crippen LogP contribution in [0.1, 0.15) is 6.92 Å². The van der Waals surface area contributed by atoms with Gasteiger partial charge >= 0.3 is 0 Å². The maximum atomic E-state index is 12.6. The number of hydrogen-bond donors (Lipinski definition) is 0. The lowest BCUT2D eigenvalue weighted by Crippen LogP contribution is -2.52. The molecule has 136 valence electrons. The maximum Gasteiger partial charge on any atom is 0.292 e. The highest BCUT2D eigenvalue weighted by molar-refractivity contribution is 5.81. The van der Waals surface area contributed by atoms with Crippen molar-refractivity contribution in [2.45, 2.75) is 13.0 Å². The van der Waals surface area contributed by atoms with Crippen molar-refractivity contribution in [2.75, 3.05) is 31.1 Å². The third-order valence-electron chi connectivity index (χ3n) is 4.41. The van der Waals surface area contributed by atoms with Gasteiger partial charge in [-0.3, -0.25) is 14.9 Å². The molecule has 1 aliphatic heterocycles. The number of carbonyl (C=O) groups excluding carboxylic acids is 1. The van der Waals surface area contributed by atoms with Gasteiger partial charge in [0.2, 0.25) is 0 Å². The Balaban J connectivity index is 1.60. The average Bonchev–Trinajstić information content (AvgIpc) is 2.68. The second-order valence-electron chi connectivity index (χ2n) is 6.13. The lowest BCUT2D eigenvalue weighted by atomic mass is 10.2. The number of carbonyl (C=O) groups is 1. The van der Waals surface area contributed by atoms with E-state index < -0.39 is 6.10 Å². The number of nitrogens with zero attached hydrogens (tertiary/aromatic N) is 3. The van der Waals surface area contributed by atoms with Crippen LogP contribution in [0, 0.1) is 10.1 Å². The fourth-order valence-corrected chi connectivity index (χ4v) is 3.06. The summed E-state index contributed by atoms with van der Waals surface area (Å²) in [6, 6.07) is 15.9. The summed E-state index contributed by atoms with van der Waals surface area (Å²) in [5.74, 6) is 0.586. The first-order valence-electron chi connectivity index (χ1n) is 8.55. The van der Waals surface area contributed by atoms with Crippen molar-refractivity contribution in [1.82, 2.24) is 4.90 Å². The van der Waals surface area contributed by atoms with Gasteiger partial charge < -0.3 is 14.5 Å². The Morgan fingerprint density at radius 3 is 2.31 bits per heavy atom. The molecular weight excluding hydrogens is 334 g/mol. The van der Waals surface area contributed by atoms with E-state index in [1.807, 2.05) is 35.2 Å². The van der Waals surface area contributed by atoms with E-state index in [1.54, 1.807) is 30.0 Å². The fourth-order valence-electron chi connectivity index (χ4n) is 3.06. The highest BCUT2D eigenvalue weighted by Crippen LogP contribution is 2.28. The quantitative estimate of drug-likeness (QED) is 0.609. The minimum atomic E-state index is -0.574. The molecule has 7 nitrogen and oxygen atoms in total. The summed E-state index contributed by atoms with van der Waals surface area (Å²) in [5, 5.41) is 11.2. The lowest BCUT2D eigenvalue weighted by Gasteiger charge is -2.36. The topological polar surface area (TPSA) is 75.9 Å². The SMILES string of the molecule is CC(Oc1ccccc1)C(=O)N1CCN(c2ccccc2[N+](=O)[O-])CC1. The summed E-state index contributed by atoms with van der Waals surface area (Å²) in [7, 11) is 0. The van der Waals surface area contributed by atoms with E-state index in [0.717, 1.165) is 0 Å². The molecule has 1 heterocycles. The average molecular weight is 355 g/mol. The molecule has 0 N–H and O–H groups in total. The number of nitro benzene ring substituents is 1. The zero-order chi connectivity index (χ0) is 18.5. The summed E-state index contributed by atoms with van der Waals surface area (Å²) in [6.07, 6.45) is -0.574. The minimum absolute atomic E-state index is 0.0731. The van der Waals surface area contributed by atoms with Gasteiger partial charge in [0.25, 0.3) is 11.6 Å². The molecule has 0 spiro atoms. The van der Waals surface area contributed by atoms with Gasteiger partial charge in [0, 0.05) is 32.2 Å². The fraction of sp³-hybridized carbons (Fsp3) is 0.316. The van der Waals surface area contributed by atoms with Crippen molar-refractivity contribution in [3.05, 3.63) is 64.7 Å². The van der Waals surface area contributed by atoms with Crippen LogP contribution >= 0.6 is 0 Å². The van der Waals surface area contributed by atoms with Gasteiger partial charge in [-0.1, -0.05) is 30.3 Å². The molecule has 1 amide bonds. The first kappa shape index (κ1) is 17.7. The van der Waals surface area contributed by atoms with Crippen molar-refractivity contribution < 1.29 is 14.5 Å². The van der Waals surface area contributed by atoms with Crippen LogP contribution < -0.4 is 9.64 Å². The monoisotopic (exact) mass is 355 g/mol. The highest BCUT2D eigenvalue weighted by atomic mass is 16.6. The predicted octanol–water partition coefficient (Wildman–Crippen LogP) is 2.71. The lowest BCUT2D eigenvalue weighted by molar-refractivity contribution is -0.384. The van der Waals surface area contributed by atoms with Crippen LogP contribution in [0.15, 0.2) is 54.6 Å². The number of amides is 1. The molecule has 1 atom stereocenters. The van der Waals surface area contributed by atoms with Gasteiger partial charge in [-0.25, -0.2) is 0 Å². The molecule has 0 aliphatic carbocycles. The Kier molecular flexibility index (Phi) is 5.36. The Morgan fingerprint density at radius 2 is 1.65 bits per heavy atom. The molecule has 3 rings (SSSR count). The van der Waals surface area contributed by atoms with Crippen molar-refractivity contribution in [1.29, 1.82) is 0 Å². The first-order valence-corrected chi connectivity index (χ1v) is 8.55. The Morgan fingerprint density at radius 1 is 1.04 bits per heavy atom. The number of rotatable bonds is 5. The van der Waals surface area contributed by atoms with E-state index in [0.29, 0.717) is 37.6 Å². The molecule has 2 aromatic carbocycles. The molecule has 1 saturated heterocycles. The molecule has 1 unspecified atom stereocenters. The standard InChI is InChI=1S/C19H21N3O4/c1-15(26-16-7-3-2-4-8-16)19(23)21-13-11-20(12-14-21)17-9-5-6-10-18(17)22(24)25/h2-10,15H,11-14H2,1H3. The van der Waals surface area contributed by atoms with Crippen LogP contribution in [-0.2, 0) is 4.79 Å². The molecule has 7 heteroatoms. The summed E-state index contributed by atoms with van der Waals surface area (Å²) in [6.45, 7) is 3.85. The molecule has 26 heavy (non-hydrogen) atoms. The van der Waals surface area contributed by atoms with Gasteiger partial charge in [-0.2, -0.15) is 0 Å². The number of anilines is 1. The smallest absolute Gasteiger partial charge is 0.292 e. The largest absolute Gasteiger partial charge is 0.481 e. The number of hydrogen-bond acceptors (Lipinski definition) is 5. The number of ether oxygens (including phenoxy) is 1. The van der Waals surface area contributed by atoms with E-state index in [-0.39, 0.29) is 16.5 Å². The van der Waals surface area contributed by atoms with Crippen LogP contribution in [0.3, 0.4) is 0 Å². The van der Waals surface area contributed by atoms with Gasteiger partial charge in [0.15, 0.2) is 6.10 Å². The number of piperazine rings is 1. The van der Waals surface area contributed by atoms with Crippen LogP contribution in [0.4, 0.5) is 11.4 Å². The van der Waals surface area contributed by atoms with Crippen molar-refractivity contribution in [3.63, 3.8) is 0 Å². The normalized spacial score (nSPS) is 15.4. The molecule has 2 aromatic rings.